The summed E-state index contributed by atoms with van der Waals surface area (Å²) in [6.45, 7) is -5.37. The van der Waals surface area contributed by atoms with E-state index in [9.17, 15) is 0 Å². The molecule has 0 amide bonds. The second kappa shape index (κ2) is 16.4. The van der Waals surface area contributed by atoms with Gasteiger partial charge in [0.25, 0.3) is 0 Å². The van der Waals surface area contributed by atoms with Gasteiger partial charge in [-0.25, -0.2) is 0 Å². The minimum absolute atomic E-state index is 0. The van der Waals surface area contributed by atoms with Crippen LogP contribution in [0.1, 0.15) is 38.2 Å². The molecule has 23 heavy (non-hydrogen) atoms. The Bertz CT molecular complexity index is 429. The molecular formula is C12H23MoO6P2S2-. The molecule has 0 radical (unpaired) electrons. The van der Waals surface area contributed by atoms with E-state index < -0.39 is 13.4 Å². The molecule has 0 unspecified atom stereocenters. The molecular weight excluding hydrogens is 462 g/mol. The molecule has 136 valence electrons. The quantitative estimate of drug-likeness (QED) is 0.162. The molecule has 1 aromatic rings. The van der Waals surface area contributed by atoms with Gasteiger partial charge in [0.2, 0.25) is 0 Å². The smallest absolute Gasteiger partial charge is 0.319 e. The Balaban J connectivity index is -0.000000307. The average molecular weight is 485 g/mol. The zero-order valence-electron chi connectivity index (χ0n) is 12.6. The van der Waals surface area contributed by atoms with Gasteiger partial charge in [-0.15, -0.1) is 0 Å². The fourth-order valence-corrected chi connectivity index (χ4v) is 1.33. The van der Waals surface area contributed by atoms with Crippen molar-refractivity contribution >= 4 is 37.1 Å². The zero-order chi connectivity index (χ0) is 17.6. The van der Waals surface area contributed by atoms with Gasteiger partial charge in [-0.3, -0.25) is 0 Å². The van der Waals surface area contributed by atoms with E-state index in [0.29, 0.717) is 0 Å². The second-order valence-electron chi connectivity index (χ2n) is 4.23. The maximum atomic E-state index is 7.56. The van der Waals surface area contributed by atoms with E-state index >= 15 is 0 Å². The van der Waals surface area contributed by atoms with Gasteiger partial charge in [0.15, 0.2) is 0 Å². The number of aryl methyl sites for hydroxylation is 1. The molecule has 0 saturated heterocycles. The number of rotatable bonds is 5. The van der Waals surface area contributed by atoms with E-state index in [1.165, 1.54) is 37.7 Å². The Morgan fingerprint density at radius 1 is 0.913 bits per heavy atom. The summed E-state index contributed by atoms with van der Waals surface area (Å²) in [7, 11) is 0. The zero-order valence-corrected chi connectivity index (χ0v) is 18.1. The standard InChI is InChI=1S/C12H17.Mo.2H3O3PS/c1-2-3-4-6-9-12-10-7-5-8-11-12;;2*1-4(2,3)5/h5,7-8,10H,2-4,6,9H2,1H3;;2*(H3,1,2,3,5)/q-1;;;. The SMILES string of the molecule is CCCCCCc1[c-]cccc1.OP(O)(O)=S.OP(O)(O)=S.[Mo]. The summed E-state index contributed by atoms with van der Waals surface area (Å²) in [6, 6.07) is 11.5. The Kier molecular flexibility index (Phi) is 20.6. The van der Waals surface area contributed by atoms with Gasteiger partial charge in [0.05, 0.1) is 0 Å². The third-order valence-corrected chi connectivity index (χ3v) is 2.07. The van der Waals surface area contributed by atoms with Crippen molar-refractivity contribution in [3.63, 3.8) is 0 Å². The molecule has 1 rings (SSSR count). The van der Waals surface area contributed by atoms with Gasteiger partial charge in [0, 0.05) is 21.1 Å². The summed E-state index contributed by atoms with van der Waals surface area (Å²) in [5.74, 6) is 0. The van der Waals surface area contributed by atoms with Crippen LogP contribution in [0.5, 0.6) is 0 Å². The van der Waals surface area contributed by atoms with Crippen molar-refractivity contribution in [2.45, 2.75) is 39.0 Å². The fourth-order valence-electron chi connectivity index (χ4n) is 1.33. The monoisotopic (exact) mass is 487 g/mol. The minimum atomic E-state index is -3.81. The maximum absolute atomic E-state index is 7.56. The normalized spacial score (nSPS) is 10.4. The Hall–Kier alpha value is 0.968. The summed E-state index contributed by atoms with van der Waals surface area (Å²) >= 11 is 7.21. The molecule has 1 aromatic carbocycles. The molecule has 0 fully saturated rings. The molecule has 0 bridgehead atoms. The molecule has 0 spiro atoms. The van der Waals surface area contributed by atoms with Crippen molar-refractivity contribution in [1.29, 1.82) is 0 Å². The van der Waals surface area contributed by atoms with Gasteiger partial charge in [-0.05, 0) is 23.6 Å². The topological polar surface area (TPSA) is 121 Å². The van der Waals surface area contributed by atoms with Gasteiger partial charge in [0.1, 0.15) is 0 Å². The first-order chi connectivity index (χ1) is 9.93. The van der Waals surface area contributed by atoms with Crippen molar-refractivity contribution in [3.8, 4) is 0 Å². The fraction of sp³-hybridized carbons (Fsp3) is 0.500. The number of hydrogen-bond donors (Lipinski definition) is 6. The summed E-state index contributed by atoms with van der Waals surface area (Å²) in [4.78, 5) is 45.3. The van der Waals surface area contributed by atoms with Crippen LogP contribution in [0.2, 0.25) is 0 Å². The van der Waals surface area contributed by atoms with E-state index in [2.05, 4.69) is 48.7 Å². The van der Waals surface area contributed by atoms with Crippen LogP contribution >= 0.6 is 13.4 Å². The van der Waals surface area contributed by atoms with Crippen molar-refractivity contribution in [2.24, 2.45) is 0 Å². The molecule has 0 aliphatic carbocycles. The Morgan fingerprint density at radius 2 is 1.39 bits per heavy atom. The van der Waals surface area contributed by atoms with Gasteiger partial charge in [-0.2, -0.15) is 35.9 Å². The largest absolute Gasteiger partial charge is 0.325 e. The van der Waals surface area contributed by atoms with Crippen molar-refractivity contribution in [2.75, 3.05) is 0 Å². The Morgan fingerprint density at radius 3 is 1.74 bits per heavy atom. The third kappa shape index (κ3) is 45.1. The average Bonchev–Trinajstić information content (AvgIpc) is 2.32. The predicted octanol–water partition coefficient (Wildman–Crippen LogP) is 1.98. The summed E-state index contributed by atoms with van der Waals surface area (Å²) in [6.07, 6.45) is 6.56. The van der Waals surface area contributed by atoms with E-state index in [-0.39, 0.29) is 21.1 Å². The van der Waals surface area contributed by atoms with Crippen LogP contribution in [0.4, 0.5) is 0 Å². The van der Waals surface area contributed by atoms with Gasteiger partial charge < -0.3 is 29.4 Å². The molecule has 0 atom stereocenters. The van der Waals surface area contributed by atoms with E-state index in [0.717, 1.165) is 0 Å². The number of benzene rings is 1. The molecule has 11 heteroatoms. The first-order valence-electron chi connectivity index (χ1n) is 6.45. The van der Waals surface area contributed by atoms with Crippen molar-refractivity contribution in [3.05, 3.63) is 35.9 Å². The molecule has 0 heterocycles. The minimum Gasteiger partial charge on any atom is -0.325 e. The molecule has 0 saturated carbocycles. The van der Waals surface area contributed by atoms with E-state index in [1.54, 1.807) is 0 Å². The molecule has 6 N–H and O–H groups in total. The number of unbranched alkanes of at least 4 members (excludes halogenated alkanes) is 3. The maximum Gasteiger partial charge on any atom is 0.319 e. The van der Waals surface area contributed by atoms with Crippen LogP contribution in [0, 0.1) is 6.07 Å². The summed E-state index contributed by atoms with van der Waals surface area (Å²) in [5.41, 5.74) is 1.36. The second-order valence-corrected chi connectivity index (χ2v) is 9.22. The first kappa shape index (κ1) is 28.8. The van der Waals surface area contributed by atoms with E-state index in [1.807, 2.05) is 12.1 Å². The van der Waals surface area contributed by atoms with Crippen molar-refractivity contribution in [1.82, 2.24) is 0 Å². The van der Waals surface area contributed by atoms with Gasteiger partial charge >= 0.3 is 13.4 Å². The Labute approximate surface area is 162 Å². The molecule has 0 aliphatic rings. The van der Waals surface area contributed by atoms with Crippen LogP contribution < -0.4 is 0 Å². The van der Waals surface area contributed by atoms with Crippen molar-refractivity contribution < 1.29 is 50.4 Å². The third-order valence-electron chi connectivity index (χ3n) is 2.07. The molecule has 0 aromatic heterocycles. The summed E-state index contributed by atoms with van der Waals surface area (Å²) in [5, 5.41) is 0. The summed E-state index contributed by atoms with van der Waals surface area (Å²) < 4.78 is 0. The number of hydrogen-bond acceptors (Lipinski definition) is 2. The molecule has 0 aliphatic heterocycles. The van der Waals surface area contributed by atoms with Crippen LogP contribution in [0.15, 0.2) is 24.3 Å². The molecule has 6 nitrogen and oxygen atoms in total. The van der Waals surface area contributed by atoms with E-state index in [4.69, 9.17) is 29.4 Å². The van der Waals surface area contributed by atoms with Crippen LogP contribution in [0.25, 0.3) is 0 Å². The van der Waals surface area contributed by atoms with Crippen LogP contribution in [0.3, 0.4) is 0 Å². The van der Waals surface area contributed by atoms with Crippen LogP contribution in [-0.4, -0.2) is 29.4 Å². The van der Waals surface area contributed by atoms with Crippen LogP contribution in [-0.2, 0) is 51.1 Å². The first-order valence-corrected chi connectivity index (χ1v) is 11.8. The van der Waals surface area contributed by atoms with Gasteiger partial charge in [-0.1, -0.05) is 39.0 Å². The predicted molar refractivity (Wildman–Crippen MR) is 95.0 cm³/mol.